The monoisotopic (exact) mass is 240 g/mol. The van der Waals surface area contributed by atoms with E-state index in [0.717, 1.165) is 11.8 Å². The molecule has 0 atom stereocenters. The van der Waals surface area contributed by atoms with Gasteiger partial charge < -0.3 is 0 Å². The summed E-state index contributed by atoms with van der Waals surface area (Å²) < 4.78 is 0. The molecule has 4 aliphatic carbocycles. The molecule has 0 saturated heterocycles. The number of hydrazone groups is 1. The Bertz CT molecular complexity index is 310. The van der Waals surface area contributed by atoms with E-state index in [9.17, 15) is 4.79 Å². The molecule has 0 radical (unpaired) electrons. The molecule has 0 unspecified atom stereocenters. The van der Waals surface area contributed by atoms with Crippen LogP contribution in [-0.4, -0.2) is 17.5 Å². The summed E-state index contributed by atoms with van der Waals surface area (Å²) in [6.45, 7) is 0. The number of halogens is 1. The van der Waals surface area contributed by atoms with Crippen molar-refractivity contribution in [3.63, 3.8) is 0 Å². The Labute approximate surface area is 101 Å². The number of nitrogens with zero attached hydrogens (tertiary/aromatic N) is 1. The van der Waals surface area contributed by atoms with Gasteiger partial charge in [0.2, 0.25) is 0 Å². The van der Waals surface area contributed by atoms with Crippen LogP contribution in [0.5, 0.6) is 0 Å². The van der Waals surface area contributed by atoms with Gasteiger partial charge in [0.15, 0.2) is 0 Å². The van der Waals surface area contributed by atoms with E-state index in [2.05, 4.69) is 10.5 Å². The largest absolute Gasteiger partial charge is 0.272 e. The van der Waals surface area contributed by atoms with Gasteiger partial charge in [0, 0.05) is 5.71 Å². The SMILES string of the molecule is O=C(CCl)NN=C1C2CC3CC(C2)CC1C3. The average Bonchev–Trinajstić information content (AvgIpc) is 2.26. The minimum Gasteiger partial charge on any atom is -0.272 e. The highest BCUT2D eigenvalue weighted by molar-refractivity contribution is 6.27. The number of carbonyl (C=O) groups is 1. The highest BCUT2D eigenvalue weighted by Crippen LogP contribution is 2.52. The summed E-state index contributed by atoms with van der Waals surface area (Å²) in [5.41, 5.74) is 3.83. The van der Waals surface area contributed by atoms with E-state index in [4.69, 9.17) is 11.6 Å². The van der Waals surface area contributed by atoms with Gasteiger partial charge in [0.05, 0.1) is 0 Å². The lowest BCUT2D eigenvalue weighted by molar-refractivity contribution is -0.118. The maximum Gasteiger partial charge on any atom is 0.254 e. The first-order valence-corrected chi connectivity index (χ1v) is 6.72. The Balaban J connectivity index is 1.74. The minimum absolute atomic E-state index is 0.00262. The molecule has 4 rings (SSSR count). The second kappa shape index (κ2) is 4.02. The second-order valence-electron chi connectivity index (χ2n) is 5.51. The van der Waals surface area contributed by atoms with Crippen LogP contribution < -0.4 is 5.43 Å². The molecular formula is C12H17ClN2O. The molecule has 4 saturated carbocycles. The highest BCUT2D eigenvalue weighted by Gasteiger charge is 2.46. The predicted octanol–water partition coefficient (Wildman–Crippen LogP) is 2.15. The fourth-order valence-electron chi connectivity index (χ4n) is 4.01. The third-order valence-electron chi connectivity index (χ3n) is 4.41. The summed E-state index contributed by atoms with van der Waals surface area (Å²) in [6.07, 6.45) is 6.62. The van der Waals surface area contributed by atoms with E-state index in [-0.39, 0.29) is 11.8 Å². The molecular weight excluding hydrogens is 224 g/mol. The molecule has 4 bridgehead atoms. The van der Waals surface area contributed by atoms with Gasteiger partial charge in [0.1, 0.15) is 5.88 Å². The van der Waals surface area contributed by atoms with Crippen LogP contribution in [-0.2, 0) is 4.79 Å². The molecule has 0 aliphatic heterocycles. The zero-order chi connectivity index (χ0) is 11.1. The first-order chi connectivity index (χ1) is 7.76. The molecule has 0 spiro atoms. The molecule has 4 aliphatic rings. The standard InChI is InChI=1S/C12H17ClN2O/c13-6-11(16)14-15-12-9-2-7-1-8(4-9)5-10(12)3-7/h7-10H,1-6H2,(H,14,16). The lowest BCUT2D eigenvalue weighted by Gasteiger charge is -2.50. The highest BCUT2D eigenvalue weighted by atomic mass is 35.5. The van der Waals surface area contributed by atoms with Gasteiger partial charge in [-0.05, 0) is 55.8 Å². The van der Waals surface area contributed by atoms with Crippen LogP contribution in [0, 0.1) is 23.7 Å². The Kier molecular flexibility index (Phi) is 2.66. The third kappa shape index (κ3) is 1.75. The van der Waals surface area contributed by atoms with Crippen LogP contribution in [0.4, 0.5) is 0 Å². The van der Waals surface area contributed by atoms with E-state index >= 15 is 0 Å². The van der Waals surface area contributed by atoms with Crippen molar-refractivity contribution in [1.82, 2.24) is 5.43 Å². The summed E-state index contributed by atoms with van der Waals surface area (Å²) in [5, 5.41) is 4.33. The quantitative estimate of drug-likeness (QED) is 0.583. The van der Waals surface area contributed by atoms with Crippen molar-refractivity contribution in [2.45, 2.75) is 32.1 Å². The summed E-state index contributed by atoms with van der Waals surface area (Å²) in [4.78, 5) is 11.1. The number of rotatable bonds is 2. The molecule has 4 heteroatoms. The van der Waals surface area contributed by atoms with Crippen molar-refractivity contribution >= 4 is 23.2 Å². The molecule has 4 fully saturated rings. The van der Waals surface area contributed by atoms with Gasteiger partial charge in [-0.25, -0.2) is 5.43 Å². The van der Waals surface area contributed by atoms with E-state index < -0.39 is 0 Å². The predicted molar refractivity (Wildman–Crippen MR) is 63.3 cm³/mol. The fourth-order valence-corrected chi connectivity index (χ4v) is 4.07. The summed E-state index contributed by atoms with van der Waals surface area (Å²) in [7, 11) is 0. The first-order valence-electron chi connectivity index (χ1n) is 6.18. The maximum atomic E-state index is 11.1. The van der Waals surface area contributed by atoms with Crippen LogP contribution >= 0.6 is 11.6 Å². The molecule has 16 heavy (non-hydrogen) atoms. The molecule has 3 nitrogen and oxygen atoms in total. The van der Waals surface area contributed by atoms with Crippen molar-refractivity contribution in [1.29, 1.82) is 0 Å². The summed E-state index contributed by atoms with van der Waals surface area (Å²) in [5.74, 6) is 2.97. The van der Waals surface area contributed by atoms with Crippen molar-refractivity contribution in [3.8, 4) is 0 Å². The smallest absolute Gasteiger partial charge is 0.254 e. The second-order valence-corrected chi connectivity index (χ2v) is 5.78. The number of amides is 1. The molecule has 0 aromatic rings. The van der Waals surface area contributed by atoms with Gasteiger partial charge in [-0.2, -0.15) is 5.10 Å². The summed E-state index contributed by atoms with van der Waals surface area (Å²) >= 11 is 5.44. The van der Waals surface area contributed by atoms with E-state index in [0.29, 0.717) is 11.8 Å². The zero-order valence-electron chi connectivity index (χ0n) is 9.29. The van der Waals surface area contributed by atoms with Crippen molar-refractivity contribution in [2.24, 2.45) is 28.8 Å². The topological polar surface area (TPSA) is 41.5 Å². The summed E-state index contributed by atoms with van der Waals surface area (Å²) in [6, 6.07) is 0. The van der Waals surface area contributed by atoms with Gasteiger partial charge in [-0.3, -0.25) is 4.79 Å². The van der Waals surface area contributed by atoms with Gasteiger partial charge >= 0.3 is 0 Å². The maximum absolute atomic E-state index is 11.1. The first kappa shape index (κ1) is 10.6. The number of nitrogens with one attached hydrogen (secondary N) is 1. The molecule has 0 aromatic heterocycles. The van der Waals surface area contributed by atoms with Gasteiger partial charge in [-0.15, -0.1) is 11.6 Å². The molecule has 88 valence electrons. The Morgan fingerprint density at radius 3 is 2.25 bits per heavy atom. The number of hydrogen-bond donors (Lipinski definition) is 1. The van der Waals surface area contributed by atoms with Crippen molar-refractivity contribution < 1.29 is 4.79 Å². The van der Waals surface area contributed by atoms with E-state index in [1.807, 2.05) is 0 Å². The molecule has 0 aromatic carbocycles. The molecule has 1 N–H and O–H groups in total. The zero-order valence-corrected chi connectivity index (χ0v) is 10.0. The number of carbonyl (C=O) groups excluding carboxylic acids is 1. The van der Waals surface area contributed by atoms with Crippen LogP contribution in [0.25, 0.3) is 0 Å². The van der Waals surface area contributed by atoms with Crippen LogP contribution in [0.3, 0.4) is 0 Å². The molecule has 0 heterocycles. The normalized spacial score (nSPS) is 39.9. The Morgan fingerprint density at radius 2 is 1.75 bits per heavy atom. The minimum atomic E-state index is -0.192. The van der Waals surface area contributed by atoms with Gasteiger partial charge in [0.25, 0.3) is 5.91 Å². The van der Waals surface area contributed by atoms with Gasteiger partial charge in [-0.1, -0.05) is 0 Å². The molecule has 1 amide bonds. The van der Waals surface area contributed by atoms with E-state index in [1.54, 1.807) is 0 Å². The Morgan fingerprint density at radius 1 is 1.19 bits per heavy atom. The van der Waals surface area contributed by atoms with Crippen LogP contribution in [0.1, 0.15) is 32.1 Å². The average molecular weight is 241 g/mol. The lowest BCUT2D eigenvalue weighted by atomic mass is 9.55. The van der Waals surface area contributed by atoms with Crippen LogP contribution in [0.2, 0.25) is 0 Å². The van der Waals surface area contributed by atoms with Crippen LogP contribution in [0.15, 0.2) is 5.10 Å². The Hall–Kier alpha value is -0.570. The number of hydrogen-bond acceptors (Lipinski definition) is 2. The van der Waals surface area contributed by atoms with Crippen molar-refractivity contribution in [2.75, 3.05) is 5.88 Å². The lowest BCUT2D eigenvalue weighted by Crippen LogP contribution is -2.46. The van der Waals surface area contributed by atoms with Crippen molar-refractivity contribution in [3.05, 3.63) is 0 Å². The fraction of sp³-hybridized carbons (Fsp3) is 0.833. The third-order valence-corrected chi connectivity index (χ3v) is 4.65. The van der Waals surface area contributed by atoms with E-state index in [1.165, 1.54) is 37.8 Å². The number of alkyl halides is 1.